The van der Waals surface area contributed by atoms with Crippen LogP contribution in [0.2, 0.25) is 0 Å². The van der Waals surface area contributed by atoms with Gasteiger partial charge in [-0.15, -0.1) is 0 Å². The molecule has 2 N–H and O–H groups in total. The van der Waals surface area contributed by atoms with Crippen LogP contribution in [0.25, 0.3) is 0 Å². The highest BCUT2D eigenvalue weighted by molar-refractivity contribution is 5.78. The molecule has 5 heteroatoms. The Morgan fingerprint density at radius 2 is 2.41 bits per heavy atom. The van der Waals surface area contributed by atoms with Crippen LogP contribution in [0.3, 0.4) is 0 Å². The van der Waals surface area contributed by atoms with Crippen LogP contribution in [-0.4, -0.2) is 24.0 Å². The summed E-state index contributed by atoms with van der Waals surface area (Å²) in [4.78, 5) is 17.5. The van der Waals surface area contributed by atoms with E-state index in [-0.39, 0.29) is 11.8 Å². The molecule has 0 aliphatic carbocycles. The first-order chi connectivity index (χ1) is 8.10. The number of hydrogen-bond acceptors (Lipinski definition) is 4. The highest BCUT2D eigenvalue weighted by Crippen LogP contribution is 2.23. The maximum atomic E-state index is 11.1. The average molecular weight is 230 g/mol. The Labute approximate surface area is 99.9 Å². The first-order valence-electron chi connectivity index (χ1n) is 5.53. The van der Waals surface area contributed by atoms with E-state index in [1.54, 1.807) is 12.1 Å². The van der Waals surface area contributed by atoms with Gasteiger partial charge in [-0.25, -0.2) is 4.98 Å². The summed E-state index contributed by atoms with van der Waals surface area (Å²) in [6.45, 7) is 3.21. The largest absolute Gasteiger partial charge is 0.369 e. The number of hydrogen-bond donors (Lipinski definition) is 1. The highest BCUT2D eigenvalue weighted by Gasteiger charge is 2.27. The number of rotatable bonds is 2. The molecule has 0 saturated carbocycles. The topological polar surface area (TPSA) is 83.0 Å². The summed E-state index contributed by atoms with van der Waals surface area (Å²) in [6, 6.07) is 5.59. The van der Waals surface area contributed by atoms with E-state index in [1.165, 1.54) is 0 Å². The van der Waals surface area contributed by atoms with Gasteiger partial charge in [-0.1, -0.05) is 0 Å². The lowest BCUT2D eigenvalue weighted by Crippen LogP contribution is -2.27. The maximum Gasteiger partial charge on any atom is 0.222 e. The minimum Gasteiger partial charge on any atom is -0.369 e. The normalized spacial score (nSPS) is 19.1. The van der Waals surface area contributed by atoms with Crippen molar-refractivity contribution in [3.05, 3.63) is 23.4 Å². The van der Waals surface area contributed by atoms with Crippen LogP contribution < -0.4 is 10.6 Å². The summed E-state index contributed by atoms with van der Waals surface area (Å²) in [5.74, 6) is 0.383. The number of nitrogens with two attached hydrogens (primary N) is 1. The van der Waals surface area contributed by atoms with Gasteiger partial charge in [0.2, 0.25) is 5.91 Å². The SMILES string of the molecule is Cc1cc(C#N)cc(N2CCC(C(N)=O)C2)n1. The summed E-state index contributed by atoms with van der Waals surface area (Å²) in [6.07, 6.45) is 0.757. The molecule has 2 rings (SSSR count). The van der Waals surface area contributed by atoms with Gasteiger partial charge in [0, 0.05) is 18.8 Å². The van der Waals surface area contributed by atoms with Gasteiger partial charge in [-0.3, -0.25) is 4.79 Å². The second-order valence-corrected chi connectivity index (χ2v) is 4.30. The smallest absolute Gasteiger partial charge is 0.222 e. The van der Waals surface area contributed by atoms with E-state index in [4.69, 9.17) is 11.0 Å². The Hall–Kier alpha value is -2.09. The molecule has 17 heavy (non-hydrogen) atoms. The first-order valence-corrected chi connectivity index (χ1v) is 5.53. The van der Waals surface area contributed by atoms with E-state index in [1.807, 2.05) is 11.8 Å². The van der Waals surface area contributed by atoms with Crippen molar-refractivity contribution in [2.75, 3.05) is 18.0 Å². The molecule has 1 aliphatic rings. The van der Waals surface area contributed by atoms with Gasteiger partial charge in [0.05, 0.1) is 17.6 Å². The van der Waals surface area contributed by atoms with E-state index in [2.05, 4.69) is 11.1 Å². The van der Waals surface area contributed by atoms with Crippen molar-refractivity contribution in [1.82, 2.24) is 4.98 Å². The van der Waals surface area contributed by atoms with Crippen molar-refractivity contribution in [2.24, 2.45) is 11.7 Å². The Morgan fingerprint density at radius 3 is 3.00 bits per heavy atom. The predicted octanol–water partition coefficient (Wildman–Crippen LogP) is 0.573. The molecule has 1 aliphatic heterocycles. The second kappa shape index (κ2) is 4.42. The molecule has 1 unspecified atom stereocenters. The predicted molar refractivity (Wildman–Crippen MR) is 63.2 cm³/mol. The standard InChI is InChI=1S/C12H14N4O/c1-8-4-9(6-13)5-11(15-8)16-3-2-10(7-16)12(14)17/h4-5,10H,2-3,7H2,1H3,(H2,14,17). The van der Waals surface area contributed by atoms with Gasteiger partial charge in [0.25, 0.3) is 0 Å². The third kappa shape index (κ3) is 2.36. The molecule has 0 bridgehead atoms. The summed E-state index contributed by atoms with van der Waals surface area (Å²) in [5, 5.41) is 8.90. The Balaban J connectivity index is 2.22. The van der Waals surface area contributed by atoms with Crippen molar-refractivity contribution in [2.45, 2.75) is 13.3 Å². The molecule has 0 aromatic carbocycles. The third-order valence-electron chi connectivity index (χ3n) is 2.98. The summed E-state index contributed by atoms with van der Waals surface area (Å²) in [5.41, 5.74) is 6.69. The highest BCUT2D eigenvalue weighted by atomic mass is 16.1. The van der Waals surface area contributed by atoms with Gasteiger partial charge in [0.1, 0.15) is 5.82 Å². The number of nitriles is 1. The number of nitrogens with zero attached hydrogens (tertiary/aromatic N) is 3. The van der Waals surface area contributed by atoms with Crippen LogP contribution >= 0.6 is 0 Å². The van der Waals surface area contributed by atoms with Gasteiger partial charge in [-0.2, -0.15) is 5.26 Å². The number of amides is 1. The minimum atomic E-state index is -0.263. The minimum absolute atomic E-state index is 0.108. The number of carbonyl (C=O) groups excluding carboxylic acids is 1. The molecule has 5 nitrogen and oxygen atoms in total. The Kier molecular flexibility index (Phi) is 2.96. The number of aryl methyl sites for hydroxylation is 1. The van der Waals surface area contributed by atoms with Gasteiger partial charge < -0.3 is 10.6 Å². The molecule has 1 fully saturated rings. The molecular weight excluding hydrogens is 216 g/mol. The maximum absolute atomic E-state index is 11.1. The zero-order valence-electron chi connectivity index (χ0n) is 9.68. The lowest BCUT2D eigenvalue weighted by Gasteiger charge is -2.17. The first kappa shape index (κ1) is 11.4. The van der Waals surface area contributed by atoms with Crippen LogP contribution in [0.4, 0.5) is 5.82 Å². The zero-order chi connectivity index (χ0) is 12.4. The molecule has 0 radical (unpaired) electrons. The number of anilines is 1. The van der Waals surface area contributed by atoms with Crippen molar-refractivity contribution < 1.29 is 4.79 Å². The van der Waals surface area contributed by atoms with E-state index in [9.17, 15) is 4.79 Å². The van der Waals surface area contributed by atoms with Gasteiger partial charge in [-0.05, 0) is 25.5 Å². The number of aromatic nitrogens is 1. The van der Waals surface area contributed by atoms with Gasteiger partial charge >= 0.3 is 0 Å². The van der Waals surface area contributed by atoms with Gasteiger partial charge in [0.15, 0.2) is 0 Å². The van der Waals surface area contributed by atoms with Crippen molar-refractivity contribution >= 4 is 11.7 Å². The van der Waals surface area contributed by atoms with E-state index in [0.29, 0.717) is 12.1 Å². The van der Waals surface area contributed by atoms with E-state index >= 15 is 0 Å². The van der Waals surface area contributed by atoms with Crippen LogP contribution in [-0.2, 0) is 4.79 Å². The van der Waals surface area contributed by atoms with Crippen molar-refractivity contribution in [3.63, 3.8) is 0 Å². The number of pyridine rings is 1. The zero-order valence-corrected chi connectivity index (χ0v) is 9.68. The van der Waals surface area contributed by atoms with E-state index in [0.717, 1.165) is 24.5 Å². The number of carbonyl (C=O) groups is 1. The molecule has 88 valence electrons. The molecule has 0 spiro atoms. The van der Waals surface area contributed by atoms with Crippen molar-refractivity contribution in [1.29, 1.82) is 5.26 Å². The second-order valence-electron chi connectivity index (χ2n) is 4.30. The molecule has 1 atom stereocenters. The lowest BCUT2D eigenvalue weighted by atomic mass is 10.1. The van der Waals surface area contributed by atoms with Crippen molar-refractivity contribution in [3.8, 4) is 6.07 Å². The monoisotopic (exact) mass is 230 g/mol. The van der Waals surface area contributed by atoms with Crippen LogP contribution in [0.15, 0.2) is 12.1 Å². The van der Waals surface area contributed by atoms with Crippen LogP contribution in [0, 0.1) is 24.2 Å². The molecular formula is C12H14N4O. The molecule has 1 aromatic heterocycles. The quantitative estimate of drug-likeness (QED) is 0.805. The Morgan fingerprint density at radius 1 is 1.65 bits per heavy atom. The molecule has 2 heterocycles. The fraction of sp³-hybridized carbons (Fsp3) is 0.417. The molecule has 1 saturated heterocycles. The summed E-state index contributed by atoms with van der Waals surface area (Å²) < 4.78 is 0. The van der Waals surface area contributed by atoms with Crippen LogP contribution in [0.5, 0.6) is 0 Å². The summed E-state index contributed by atoms with van der Waals surface area (Å²) >= 11 is 0. The van der Waals surface area contributed by atoms with E-state index < -0.39 is 0 Å². The fourth-order valence-corrected chi connectivity index (χ4v) is 2.08. The van der Waals surface area contributed by atoms with Crippen LogP contribution in [0.1, 0.15) is 17.7 Å². The molecule has 1 aromatic rings. The Bertz CT molecular complexity index is 492. The lowest BCUT2D eigenvalue weighted by molar-refractivity contribution is -0.121. The summed E-state index contributed by atoms with van der Waals surface area (Å²) in [7, 11) is 0. The average Bonchev–Trinajstić information content (AvgIpc) is 2.77. The number of primary amides is 1. The third-order valence-corrected chi connectivity index (χ3v) is 2.98. The fourth-order valence-electron chi connectivity index (χ4n) is 2.08. The molecule has 1 amide bonds.